The van der Waals surface area contributed by atoms with Gasteiger partial charge in [-0.25, -0.2) is 0 Å². The first-order valence-corrected chi connectivity index (χ1v) is 4.01. The molecule has 0 atom stereocenters. The fraction of sp³-hybridized carbons (Fsp3) is 0. The van der Waals surface area contributed by atoms with Crippen LogP contribution in [0.1, 0.15) is 0 Å². The topological polar surface area (TPSA) is 88.5 Å². The van der Waals surface area contributed by atoms with Crippen molar-refractivity contribution >= 4 is 26.2 Å². The summed E-state index contributed by atoms with van der Waals surface area (Å²) in [6.07, 6.45) is 0. The van der Waals surface area contributed by atoms with Crippen LogP contribution in [0.3, 0.4) is 0 Å². The average molecular weight is 392 g/mol. The van der Waals surface area contributed by atoms with E-state index in [1.807, 2.05) is 0 Å². The van der Waals surface area contributed by atoms with Crippen molar-refractivity contribution in [3.8, 4) is 0 Å². The summed E-state index contributed by atoms with van der Waals surface area (Å²) < 4.78 is 41.4. The summed E-state index contributed by atoms with van der Waals surface area (Å²) in [5, 5.41) is 0. The zero-order chi connectivity index (χ0) is 6.28. The van der Waals surface area contributed by atoms with Gasteiger partial charge in [0, 0.05) is 0 Å². The van der Waals surface area contributed by atoms with Crippen molar-refractivity contribution in [1.82, 2.24) is 0 Å². The standard InChI is InChI=1S/Bi.H2O.4O.Ti.V.3H/h;1H2;;;;;;;;;/q;;;;;;;+1;;;/p-1. The molecule has 0 fully saturated rings. The summed E-state index contributed by atoms with van der Waals surface area (Å²) in [7, 11) is 0. The van der Waals surface area contributed by atoms with E-state index in [1.165, 1.54) is 0 Å². The second-order valence-electron chi connectivity index (χ2n) is 0.321. The third kappa shape index (κ3) is 164. The van der Waals surface area contributed by atoms with Gasteiger partial charge in [-0.15, -0.1) is 0 Å². The van der Waals surface area contributed by atoms with E-state index < -0.39 is 34.5 Å². The Balaban J connectivity index is -0.0000000575. The molecule has 0 bridgehead atoms. The molecule has 48 valence electrons. The molecule has 8 heteroatoms. The second-order valence-corrected chi connectivity index (χ2v) is 1.32. The molecule has 0 aromatic carbocycles. The Morgan fingerprint density at radius 3 is 1.25 bits per heavy atom. The van der Waals surface area contributed by atoms with Gasteiger partial charge in [0.05, 0.1) is 0 Å². The molecule has 0 saturated heterocycles. The van der Waals surface area contributed by atoms with Crippen LogP contribution >= 0.6 is 0 Å². The third-order valence-electron chi connectivity index (χ3n) is 0. The second kappa shape index (κ2) is 15.8. The van der Waals surface area contributed by atoms with E-state index >= 15 is 0 Å². The zero-order valence-electron chi connectivity index (χ0n) is 3.73. The van der Waals surface area contributed by atoms with Crippen LogP contribution in [0.2, 0.25) is 0 Å². The Morgan fingerprint density at radius 1 is 1.25 bits per heavy atom. The first-order valence-electron chi connectivity index (χ1n) is 0.973. The fourth-order valence-corrected chi connectivity index (χ4v) is 0. The molecule has 0 aliphatic heterocycles. The quantitative estimate of drug-likeness (QED) is 0.473. The van der Waals surface area contributed by atoms with Gasteiger partial charge in [0.25, 0.3) is 0 Å². The van der Waals surface area contributed by atoms with Crippen LogP contribution in [-0.2, 0) is 48.5 Å². The first kappa shape index (κ1) is 16.2. The van der Waals surface area contributed by atoms with Crippen LogP contribution in [0.15, 0.2) is 0 Å². The van der Waals surface area contributed by atoms with Gasteiger partial charge < -0.3 is 0 Å². The van der Waals surface area contributed by atoms with Gasteiger partial charge in [-0.3, -0.25) is 0 Å². The van der Waals surface area contributed by atoms with E-state index in [-0.39, 0.29) is 26.2 Å². The van der Waals surface area contributed by atoms with E-state index in [0.717, 1.165) is 0 Å². The zero-order valence-corrected chi connectivity index (χ0v) is 12.2. The molecule has 0 saturated carbocycles. The average Bonchev–Trinajstić information content (AvgIpc) is 1.33. The molecule has 0 aromatic rings. The number of hydrogen-bond acceptors (Lipinski definition) is 4. The third-order valence-corrected chi connectivity index (χ3v) is 0. The summed E-state index contributed by atoms with van der Waals surface area (Å²) in [6.45, 7) is 0. The minimum atomic E-state index is -3.69. The molecule has 0 rings (SSSR count). The van der Waals surface area contributed by atoms with Crippen molar-refractivity contribution in [3.05, 3.63) is 0 Å². The normalized spacial score (nSPS) is 4.12. The van der Waals surface area contributed by atoms with Gasteiger partial charge in [-0.2, -0.15) is 0 Å². The van der Waals surface area contributed by atoms with Crippen LogP contribution in [0, 0.1) is 0 Å². The minimum absolute atomic E-state index is 0. The van der Waals surface area contributed by atoms with Crippen LogP contribution < -0.4 is 0 Å². The van der Waals surface area contributed by atoms with Gasteiger partial charge in [-0.1, -0.05) is 0 Å². The summed E-state index contributed by atoms with van der Waals surface area (Å²) in [5.74, 6) is 0. The maximum atomic E-state index is 8.67. The van der Waals surface area contributed by atoms with Crippen molar-refractivity contribution in [1.29, 1.82) is 0 Å². The number of rotatable bonds is 0. The van der Waals surface area contributed by atoms with E-state index in [1.54, 1.807) is 0 Å². The molecule has 8 heavy (non-hydrogen) atoms. The van der Waals surface area contributed by atoms with Crippen molar-refractivity contribution in [2.75, 3.05) is 0 Å². The van der Waals surface area contributed by atoms with E-state index in [9.17, 15) is 0 Å². The molecule has 0 amide bonds. The van der Waals surface area contributed by atoms with E-state index in [0.29, 0.717) is 0 Å². The maximum absolute atomic E-state index is 8.67. The van der Waals surface area contributed by atoms with Gasteiger partial charge >= 0.3 is 78.7 Å². The molecule has 0 spiro atoms. The van der Waals surface area contributed by atoms with Crippen molar-refractivity contribution in [2.45, 2.75) is 0 Å². The molecular weight excluding hydrogens is 388 g/mol. The van der Waals surface area contributed by atoms with Crippen LogP contribution in [0.4, 0.5) is 0 Å². The molecule has 0 heterocycles. The van der Waals surface area contributed by atoms with Gasteiger partial charge in [0.15, 0.2) is 0 Å². The SMILES string of the molecule is [BiH3].[O]=[Ti]=[O].[O]=[V](=[O])[OH]. The van der Waals surface area contributed by atoms with Crippen molar-refractivity contribution in [2.24, 2.45) is 0 Å². The predicted molar refractivity (Wildman–Crippen MR) is 14.9 cm³/mol. The van der Waals surface area contributed by atoms with Crippen molar-refractivity contribution in [3.63, 3.8) is 0 Å². The molecule has 0 unspecified atom stereocenters. The Morgan fingerprint density at radius 2 is 1.25 bits per heavy atom. The monoisotopic (exact) mass is 392 g/mol. The summed E-state index contributed by atoms with van der Waals surface area (Å²) in [6, 6.07) is 0. The first-order chi connectivity index (χ1) is 3.15. The predicted octanol–water partition coefficient (Wildman–Crippen LogP) is -2.22. The van der Waals surface area contributed by atoms with Gasteiger partial charge in [0.2, 0.25) is 0 Å². The molecule has 0 aliphatic rings. The van der Waals surface area contributed by atoms with Crippen LogP contribution in [0.5, 0.6) is 0 Å². The molecule has 1 N–H and O–H groups in total. The van der Waals surface area contributed by atoms with E-state index in [4.69, 9.17) is 18.0 Å². The van der Waals surface area contributed by atoms with Crippen LogP contribution in [-0.4, -0.2) is 30.2 Å². The fourth-order valence-electron chi connectivity index (χ4n) is 0. The number of hydrogen-bond donors (Lipinski definition) is 1. The Kier molecular flexibility index (Phi) is 31.8. The summed E-state index contributed by atoms with van der Waals surface area (Å²) in [4.78, 5) is 0. The molecule has 5 nitrogen and oxygen atoms in total. The Hall–Kier alpha value is 1.34. The Labute approximate surface area is 77.9 Å². The van der Waals surface area contributed by atoms with Crippen LogP contribution in [0.25, 0.3) is 0 Å². The molecule has 0 radical (unpaired) electrons. The summed E-state index contributed by atoms with van der Waals surface area (Å²) in [5.41, 5.74) is 0. The Bertz CT molecular complexity index is 112. The van der Waals surface area contributed by atoms with Crippen molar-refractivity contribution < 1.29 is 52.5 Å². The molecule has 0 aromatic heterocycles. The van der Waals surface area contributed by atoms with E-state index in [2.05, 4.69) is 0 Å². The molecular formula is H4BiO5TiV. The molecule has 0 aliphatic carbocycles. The van der Waals surface area contributed by atoms with Gasteiger partial charge in [-0.05, 0) is 0 Å². The summed E-state index contributed by atoms with van der Waals surface area (Å²) >= 11 is -5.69. The van der Waals surface area contributed by atoms with Gasteiger partial charge in [0.1, 0.15) is 0 Å².